The molecule has 5 heteroatoms. The molecule has 0 N–H and O–H groups in total. The van der Waals surface area contributed by atoms with Crippen molar-refractivity contribution in [2.75, 3.05) is 13.7 Å². The van der Waals surface area contributed by atoms with Gasteiger partial charge in [0.25, 0.3) is 5.91 Å². The van der Waals surface area contributed by atoms with Crippen LogP contribution in [0, 0.1) is 0 Å². The normalized spacial score (nSPS) is 16.7. The summed E-state index contributed by atoms with van der Waals surface area (Å²) in [5.74, 6) is 0.0909. The summed E-state index contributed by atoms with van der Waals surface area (Å²) in [4.78, 5) is 17.9. The van der Waals surface area contributed by atoms with Crippen LogP contribution in [0.25, 0.3) is 0 Å². The lowest BCUT2D eigenvalue weighted by Crippen LogP contribution is -2.39. The van der Waals surface area contributed by atoms with Gasteiger partial charge in [-0.25, -0.2) is 0 Å². The van der Waals surface area contributed by atoms with Crippen LogP contribution in [0.2, 0.25) is 0 Å². The first kappa shape index (κ1) is 16.5. The van der Waals surface area contributed by atoms with Crippen LogP contribution >= 0.6 is 22.7 Å². The van der Waals surface area contributed by atoms with Crippen LogP contribution in [0.5, 0.6) is 0 Å². The molecular formula is C20H19NO2S2. The van der Waals surface area contributed by atoms with Gasteiger partial charge in [0.15, 0.2) is 0 Å². The molecule has 0 saturated heterocycles. The number of carbonyl (C=O) groups excluding carboxylic acids is 1. The van der Waals surface area contributed by atoms with Crippen molar-refractivity contribution in [1.82, 2.24) is 4.90 Å². The second kappa shape index (κ2) is 7.12. The molecule has 0 aliphatic carbocycles. The van der Waals surface area contributed by atoms with Gasteiger partial charge in [-0.3, -0.25) is 4.79 Å². The number of methoxy groups -OCH3 is 1. The van der Waals surface area contributed by atoms with Gasteiger partial charge in [-0.1, -0.05) is 18.2 Å². The average molecular weight is 370 g/mol. The van der Waals surface area contributed by atoms with Gasteiger partial charge in [0.1, 0.15) is 0 Å². The van der Waals surface area contributed by atoms with Crippen LogP contribution in [0.1, 0.15) is 37.3 Å². The minimum atomic E-state index is 0.0218. The molecule has 25 heavy (non-hydrogen) atoms. The summed E-state index contributed by atoms with van der Waals surface area (Å²) in [6.07, 6.45) is 0.929. The van der Waals surface area contributed by atoms with E-state index < -0.39 is 0 Å². The molecule has 1 aliphatic heterocycles. The maximum atomic E-state index is 13.3. The number of fused-ring (bicyclic) bond motifs is 1. The van der Waals surface area contributed by atoms with Crippen LogP contribution in [0.4, 0.5) is 0 Å². The molecule has 0 saturated carbocycles. The summed E-state index contributed by atoms with van der Waals surface area (Å²) >= 11 is 3.51. The van der Waals surface area contributed by atoms with E-state index in [2.05, 4.69) is 29.0 Å². The molecule has 1 unspecified atom stereocenters. The predicted molar refractivity (Wildman–Crippen MR) is 102 cm³/mol. The molecule has 0 bridgehead atoms. The molecule has 3 aromatic rings. The fourth-order valence-electron chi connectivity index (χ4n) is 3.42. The number of benzene rings is 1. The zero-order chi connectivity index (χ0) is 17.2. The highest BCUT2D eigenvalue weighted by Gasteiger charge is 2.33. The molecular weight excluding hydrogens is 350 g/mol. The van der Waals surface area contributed by atoms with E-state index in [1.54, 1.807) is 29.8 Å². The number of hydrogen-bond acceptors (Lipinski definition) is 4. The van der Waals surface area contributed by atoms with Crippen molar-refractivity contribution in [3.05, 3.63) is 79.7 Å². The third-order valence-corrected chi connectivity index (χ3v) is 6.45. The van der Waals surface area contributed by atoms with Crippen molar-refractivity contribution in [2.45, 2.75) is 19.1 Å². The van der Waals surface area contributed by atoms with Crippen LogP contribution in [0.3, 0.4) is 0 Å². The van der Waals surface area contributed by atoms with Gasteiger partial charge in [0.05, 0.1) is 12.6 Å². The Kier molecular flexibility index (Phi) is 4.70. The van der Waals surface area contributed by atoms with Crippen molar-refractivity contribution in [2.24, 2.45) is 0 Å². The van der Waals surface area contributed by atoms with Gasteiger partial charge >= 0.3 is 0 Å². The van der Waals surface area contributed by atoms with Crippen molar-refractivity contribution in [3.63, 3.8) is 0 Å². The van der Waals surface area contributed by atoms with Gasteiger partial charge < -0.3 is 9.64 Å². The molecule has 2 aromatic heterocycles. The van der Waals surface area contributed by atoms with E-state index in [0.717, 1.165) is 24.1 Å². The smallest absolute Gasteiger partial charge is 0.254 e. The summed E-state index contributed by atoms with van der Waals surface area (Å²) < 4.78 is 5.20. The molecule has 1 aliphatic rings. The first-order valence-corrected chi connectivity index (χ1v) is 10.0. The third kappa shape index (κ3) is 3.15. The van der Waals surface area contributed by atoms with Gasteiger partial charge in [0.2, 0.25) is 0 Å². The highest BCUT2D eigenvalue weighted by Crippen LogP contribution is 2.40. The lowest BCUT2D eigenvalue weighted by Gasteiger charge is -2.35. The first-order chi connectivity index (χ1) is 12.3. The largest absolute Gasteiger partial charge is 0.380 e. The summed E-state index contributed by atoms with van der Waals surface area (Å²) in [5, 5.41) is 4.22. The number of carbonyl (C=O) groups is 1. The second-order valence-electron chi connectivity index (χ2n) is 6.10. The Bertz CT molecular complexity index is 869. The Labute approximate surface area is 155 Å². The van der Waals surface area contributed by atoms with E-state index in [1.165, 1.54) is 15.3 Å². The Hall–Kier alpha value is -1.95. The third-order valence-electron chi connectivity index (χ3n) is 4.52. The highest BCUT2D eigenvalue weighted by atomic mass is 32.1. The predicted octanol–water partition coefficient (Wildman–Crippen LogP) is 4.74. The van der Waals surface area contributed by atoms with E-state index in [0.29, 0.717) is 6.61 Å². The maximum absolute atomic E-state index is 13.3. The number of nitrogens with zero attached hydrogens (tertiary/aromatic N) is 1. The highest BCUT2D eigenvalue weighted by molar-refractivity contribution is 7.10. The van der Waals surface area contributed by atoms with E-state index in [1.807, 2.05) is 29.2 Å². The van der Waals surface area contributed by atoms with Crippen LogP contribution in [-0.4, -0.2) is 24.5 Å². The quantitative estimate of drug-likeness (QED) is 0.664. The van der Waals surface area contributed by atoms with Crippen LogP contribution < -0.4 is 0 Å². The van der Waals surface area contributed by atoms with Gasteiger partial charge in [0, 0.05) is 29.0 Å². The SMILES string of the molecule is COCc1cccc(C(=O)N2CCc3sccc3C2c2cccs2)c1. The fourth-order valence-corrected chi connectivity index (χ4v) is 5.17. The first-order valence-electron chi connectivity index (χ1n) is 8.26. The number of hydrogen-bond donors (Lipinski definition) is 0. The molecule has 1 atom stereocenters. The van der Waals surface area contributed by atoms with Crippen molar-refractivity contribution in [3.8, 4) is 0 Å². The molecule has 0 spiro atoms. The number of thiophene rings is 2. The topological polar surface area (TPSA) is 29.5 Å². The van der Waals surface area contributed by atoms with Gasteiger partial charge in [-0.2, -0.15) is 0 Å². The van der Waals surface area contributed by atoms with Gasteiger partial charge in [-0.15, -0.1) is 22.7 Å². The second-order valence-corrected chi connectivity index (χ2v) is 8.08. The molecule has 3 nitrogen and oxygen atoms in total. The zero-order valence-corrected chi connectivity index (χ0v) is 15.6. The van der Waals surface area contributed by atoms with E-state index >= 15 is 0 Å². The van der Waals surface area contributed by atoms with Crippen molar-refractivity contribution < 1.29 is 9.53 Å². The standard InChI is InChI=1S/C20H19NO2S2/c1-23-13-14-4-2-5-15(12-14)20(22)21-9-7-17-16(8-11-25-17)19(21)18-6-3-10-24-18/h2-6,8,10-12,19H,7,9,13H2,1H3. The zero-order valence-electron chi connectivity index (χ0n) is 14.0. The van der Waals surface area contributed by atoms with Crippen molar-refractivity contribution >= 4 is 28.6 Å². The fraction of sp³-hybridized carbons (Fsp3) is 0.250. The van der Waals surface area contributed by atoms with Crippen molar-refractivity contribution in [1.29, 1.82) is 0 Å². The average Bonchev–Trinajstić information content (AvgIpc) is 3.32. The Morgan fingerprint density at radius 3 is 2.92 bits per heavy atom. The number of rotatable bonds is 4. The van der Waals surface area contributed by atoms with E-state index in [4.69, 9.17) is 4.74 Å². The summed E-state index contributed by atoms with van der Waals surface area (Å²) in [6.45, 7) is 1.27. The molecule has 3 heterocycles. The van der Waals surface area contributed by atoms with Crippen LogP contribution in [0.15, 0.2) is 53.2 Å². The number of ether oxygens (including phenoxy) is 1. The monoisotopic (exact) mass is 369 g/mol. The summed E-state index contributed by atoms with van der Waals surface area (Å²) in [7, 11) is 1.67. The molecule has 0 fully saturated rings. The molecule has 1 amide bonds. The Morgan fingerprint density at radius 1 is 1.20 bits per heavy atom. The minimum Gasteiger partial charge on any atom is -0.380 e. The minimum absolute atomic E-state index is 0.0218. The maximum Gasteiger partial charge on any atom is 0.254 e. The molecule has 0 radical (unpaired) electrons. The Morgan fingerprint density at radius 2 is 2.12 bits per heavy atom. The van der Waals surface area contributed by atoms with E-state index in [9.17, 15) is 4.79 Å². The Balaban J connectivity index is 1.71. The lowest BCUT2D eigenvalue weighted by atomic mass is 9.97. The summed E-state index contributed by atoms with van der Waals surface area (Å²) in [6, 6.07) is 14.1. The number of amides is 1. The van der Waals surface area contributed by atoms with E-state index in [-0.39, 0.29) is 11.9 Å². The lowest BCUT2D eigenvalue weighted by molar-refractivity contribution is 0.0698. The molecule has 128 valence electrons. The molecule has 1 aromatic carbocycles. The molecule has 4 rings (SSSR count). The van der Waals surface area contributed by atoms with Crippen LogP contribution in [-0.2, 0) is 17.8 Å². The summed E-state index contributed by atoms with van der Waals surface area (Å²) in [5.41, 5.74) is 3.03. The van der Waals surface area contributed by atoms with Gasteiger partial charge in [-0.05, 0) is 52.6 Å².